The average molecular weight is 156 g/mol. The van der Waals surface area contributed by atoms with Gasteiger partial charge >= 0.3 is 5.97 Å². The highest BCUT2D eigenvalue weighted by Gasteiger charge is 2.28. The maximum atomic E-state index is 10.5. The highest BCUT2D eigenvalue weighted by Crippen LogP contribution is 2.38. The van der Waals surface area contributed by atoms with E-state index in [1.165, 1.54) is 19.3 Å². The predicted molar refractivity (Wildman–Crippen MR) is 43.4 cm³/mol. The number of rotatable bonds is 2. The lowest BCUT2D eigenvalue weighted by Gasteiger charge is -2.31. The Balaban J connectivity index is 2.43. The standard InChI is InChI=1S/C9H16O2/c1-9(7-8(10)11)5-3-2-4-6-9/h2-7H2,1H3,(H,10,11). The van der Waals surface area contributed by atoms with Crippen molar-refractivity contribution in [1.82, 2.24) is 0 Å². The van der Waals surface area contributed by atoms with Gasteiger partial charge in [0.25, 0.3) is 0 Å². The Hall–Kier alpha value is -0.530. The molecule has 1 aliphatic rings. The van der Waals surface area contributed by atoms with E-state index in [0.717, 1.165) is 12.8 Å². The fourth-order valence-electron chi connectivity index (χ4n) is 1.95. The summed E-state index contributed by atoms with van der Waals surface area (Å²) in [6.07, 6.45) is 6.26. The Morgan fingerprint density at radius 1 is 1.36 bits per heavy atom. The Labute approximate surface area is 67.6 Å². The van der Waals surface area contributed by atoms with E-state index in [4.69, 9.17) is 5.11 Å². The number of carbonyl (C=O) groups is 1. The van der Waals surface area contributed by atoms with Gasteiger partial charge in [-0.15, -0.1) is 0 Å². The molecule has 0 atom stereocenters. The smallest absolute Gasteiger partial charge is 0.303 e. The van der Waals surface area contributed by atoms with E-state index in [0.29, 0.717) is 6.42 Å². The second-order valence-corrected chi connectivity index (χ2v) is 3.94. The molecule has 1 aliphatic carbocycles. The molecule has 2 nitrogen and oxygen atoms in total. The van der Waals surface area contributed by atoms with Crippen molar-refractivity contribution in [3.63, 3.8) is 0 Å². The van der Waals surface area contributed by atoms with Crippen molar-refractivity contribution in [2.45, 2.75) is 45.4 Å². The van der Waals surface area contributed by atoms with Gasteiger partial charge in [0.2, 0.25) is 0 Å². The minimum Gasteiger partial charge on any atom is -0.481 e. The first-order chi connectivity index (χ1) is 5.12. The van der Waals surface area contributed by atoms with Crippen LogP contribution in [0.4, 0.5) is 0 Å². The summed E-state index contributed by atoms with van der Waals surface area (Å²) >= 11 is 0. The van der Waals surface area contributed by atoms with Gasteiger partial charge in [-0.2, -0.15) is 0 Å². The highest BCUT2D eigenvalue weighted by molar-refractivity contribution is 5.67. The summed E-state index contributed by atoms with van der Waals surface area (Å²) in [6, 6.07) is 0. The van der Waals surface area contributed by atoms with Crippen LogP contribution in [0.5, 0.6) is 0 Å². The van der Waals surface area contributed by atoms with Crippen LogP contribution in [0.25, 0.3) is 0 Å². The van der Waals surface area contributed by atoms with Crippen LogP contribution in [0.2, 0.25) is 0 Å². The second-order valence-electron chi connectivity index (χ2n) is 3.94. The van der Waals surface area contributed by atoms with Gasteiger partial charge in [-0.3, -0.25) is 4.79 Å². The first kappa shape index (κ1) is 8.57. The Bertz CT molecular complexity index is 146. The van der Waals surface area contributed by atoms with Crippen LogP contribution in [-0.4, -0.2) is 11.1 Å². The summed E-state index contributed by atoms with van der Waals surface area (Å²) in [5.74, 6) is -0.644. The number of hydrogen-bond acceptors (Lipinski definition) is 1. The van der Waals surface area contributed by atoms with Crippen molar-refractivity contribution < 1.29 is 9.90 Å². The van der Waals surface area contributed by atoms with Crippen molar-refractivity contribution in [3.05, 3.63) is 0 Å². The summed E-state index contributed by atoms with van der Waals surface area (Å²) < 4.78 is 0. The zero-order chi connectivity index (χ0) is 8.32. The SMILES string of the molecule is CC1(CC(=O)O)CCCCC1. The molecule has 0 heterocycles. The van der Waals surface area contributed by atoms with Gasteiger partial charge in [0, 0.05) is 0 Å². The maximum absolute atomic E-state index is 10.5. The number of hydrogen-bond donors (Lipinski definition) is 1. The zero-order valence-electron chi connectivity index (χ0n) is 7.10. The normalized spacial score (nSPS) is 23.0. The molecule has 64 valence electrons. The molecular weight excluding hydrogens is 140 g/mol. The summed E-state index contributed by atoms with van der Waals surface area (Å²) in [7, 11) is 0. The lowest BCUT2D eigenvalue weighted by molar-refractivity contribution is -0.140. The summed E-state index contributed by atoms with van der Waals surface area (Å²) in [5.41, 5.74) is 0.101. The lowest BCUT2D eigenvalue weighted by Crippen LogP contribution is -2.23. The van der Waals surface area contributed by atoms with Crippen LogP contribution in [0, 0.1) is 5.41 Å². The molecular formula is C9H16O2. The molecule has 0 saturated heterocycles. The molecule has 0 aliphatic heterocycles. The fraction of sp³-hybridized carbons (Fsp3) is 0.889. The van der Waals surface area contributed by atoms with Crippen molar-refractivity contribution in [3.8, 4) is 0 Å². The van der Waals surface area contributed by atoms with Crippen LogP contribution in [0.15, 0.2) is 0 Å². The Morgan fingerprint density at radius 2 is 1.91 bits per heavy atom. The van der Waals surface area contributed by atoms with Crippen LogP contribution < -0.4 is 0 Å². The average Bonchev–Trinajstić information content (AvgIpc) is 1.85. The molecule has 0 radical (unpaired) electrons. The molecule has 0 amide bonds. The third-order valence-electron chi connectivity index (χ3n) is 2.64. The topological polar surface area (TPSA) is 37.3 Å². The summed E-state index contributed by atoms with van der Waals surface area (Å²) in [5, 5.41) is 8.63. The van der Waals surface area contributed by atoms with E-state index < -0.39 is 5.97 Å². The Kier molecular flexibility index (Phi) is 2.53. The molecule has 2 heteroatoms. The maximum Gasteiger partial charge on any atom is 0.303 e. The van der Waals surface area contributed by atoms with Crippen LogP contribution in [0.1, 0.15) is 45.4 Å². The van der Waals surface area contributed by atoms with Crippen molar-refractivity contribution in [2.24, 2.45) is 5.41 Å². The summed E-state index contributed by atoms with van der Waals surface area (Å²) in [6.45, 7) is 2.10. The lowest BCUT2D eigenvalue weighted by atomic mass is 9.73. The number of aliphatic carboxylic acids is 1. The van der Waals surface area contributed by atoms with Gasteiger partial charge in [0.15, 0.2) is 0 Å². The first-order valence-electron chi connectivity index (χ1n) is 4.34. The number of carboxylic acid groups (broad SMARTS) is 1. The largest absolute Gasteiger partial charge is 0.481 e. The Morgan fingerprint density at radius 3 is 2.36 bits per heavy atom. The molecule has 1 N–H and O–H groups in total. The first-order valence-corrected chi connectivity index (χ1v) is 4.34. The van der Waals surface area contributed by atoms with Crippen LogP contribution in [-0.2, 0) is 4.79 Å². The molecule has 1 rings (SSSR count). The monoisotopic (exact) mass is 156 g/mol. The summed E-state index contributed by atoms with van der Waals surface area (Å²) in [4.78, 5) is 10.5. The van der Waals surface area contributed by atoms with Gasteiger partial charge in [0.1, 0.15) is 0 Å². The molecule has 0 aromatic carbocycles. The molecule has 0 spiro atoms. The van der Waals surface area contributed by atoms with E-state index >= 15 is 0 Å². The zero-order valence-corrected chi connectivity index (χ0v) is 7.10. The molecule has 0 aromatic rings. The molecule has 11 heavy (non-hydrogen) atoms. The van der Waals surface area contributed by atoms with E-state index in [9.17, 15) is 4.79 Å². The van der Waals surface area contributed by atoms with E-state index in [2.05, 4.69) is 6.92 Å². The predicted octanol–water partition coefficient (Wildman–Crippen LogP) is 2.43. The molecule has 0 aromatic heterocycles. The molecule has 1 saturated carbocycles. The van der Waals surface area contributed by atoms with Crippen LogP contribution >= 0.6 is 0 Å². The molecule has 1 fully saturated rings. The van der Waals surface area contributed by atoms with Gasteiger partial charge in [-0.05, 0) is 18.3 Å². The van der Waals surface area contributed by atoms with Crippen LogP contribution in [0.3, 0.4) is 0 Å². The molecule has 0 unspecified atom stereocenters. The minimum atomic E-state index is -0.644. The quantitative estimate of drug-likeness (QED) is 0.666. The van der Waals surface area contributed by atoms with Crippen molar-refractivity contribution in [2.75, 3.05) is 0 Å². The van der Waals surface area contributed by atoms with Gasteiger partial charge in [0.05, 0.1) is 6.42 Å². The third kappa shape index (κ3) is 2.52. The van der Waals surface area contributed by atoms with Crippen molar-refractivity contribution in [1.29, 1.82) is 0 Å². The van der Waals surface area contributed by atoms with Crippen molar-refractivity contribution >= 4 is 5.97 Å². The van der Waals surface area contributed by atoms with E-state index in [1.54, 1.807) is 0 Å². The van der Waals surface area contributed by atoms with E-state index in [1.807, 2.05) is 0 Å². The van der Waals surface area contributed by atoms with Gasteiger partial charge in [-0.1, -0.05) is 26.2 Å². The molecule has 0 bridgehead atoms. The fourth-order valence-corrected chi connectivity index (χ4v) is 1.95. The second kappa shape index (κ2) is 3.24. The highest BCUT2D eigenvalue weighted by atomic mass is 16.4. The minimum absolute atomic E-state index is 0.101. The van der Waals surface area contributed by atoms with Gasteiger partial charge in [-0.25, -0.2) is 0 Å². The van der Waals surface area contributed by atoms with E-state index in [-0.39, 0.29) is 5.41 Å². The van der Waals surface area contributed by atoms with Gasteiger partial charge < -0.3 is 5.11 Å². The third-order valence-corrected chi connectivity index (χ3v) is 2.64. The number of carboxylic acids is 1.